The van der Waals surface area contributed by atoms with E-state index in [0.717, 1.165) is 31.7 Å². The number of fused-ring (bicyclic) bond motifs is 1. The quantitative estimate of drug-likeness (QED) is 0.679. The molecule has 2 saturated heterocycles. The largest absolute Gasteiger partial charge is 0.316 e. The van der Waals surface area contributed by atoms with Crippen LogP contribution in [0.1, 0.15) is 5.56 Å². The number of hydrogen-bond acceptors (Lipinski definition) is 4. The van der Waals surface area contributed by atoms with Crippen molar-refractivity contribution in [3.63, 3.8) is 0 Å². The Hall–Kier alpha value is -1.17. The Morgan fingerprint density at radius 1 is 1.37 bits per heavy atom. The van der Waals surface area contributed by atoms with Crippen molar-refractivity contribution in [3.8, 4) is 0 Å². The Morgan fingerprint density at radius 2 is 2.05 bits per heavy atom. The molecule has 0 bridgehead atoms. The fourth-order valence-electron chi connectivity index (χ4n) is 3.16. The maximum absolute atomic E-state index is 11.1. The second-order valence-corrected chi connectivity index (χ2v) is 5.84. The van der Waals surface area contributed by atoms with Gasteiger partial charge in [-0.15, -0.1) is 0 Å². The summed E-state index contributed by atoms with van der Waals surface area (Å²) in [5.74, 6) is 1.40. The highest BCUT2D eigenvalue weighted by atomic mass is 35.5. The van der Waals surface area contributed by atoms with Crippen LogP contribution in [0.2, 0.25) is 5.02 Å². The molecule has 1 aromatic rings. The van der Waals surface area contributed by atoms with Crippen LogP contribution in [0.3, 0.4) is 0 Å². The van der Waals surface area contributed by atoms with Crippen molar-refractivity contribution in [2.75, 3.05) is 26.2 Å². The first-order chi connectivity index (χ1) is 9.13. The predicted molar refractivity (Wildman–Crippen MR) is 73.2 cm³/mol. The Kier molecular flexibility index (Phi) is 3.43. The Labute approximate surface area is 116 Å². The van der Waals surface area contributed by atoms with Crippen LogP contribution in [0.15, 0.2) is 18.2 Å². The minimum atomic E-state index is -0.348. The van der Waals surface area contributed by atoms with E-state index in [1.807, 2.05) is 0 Å². The molecular formula is C13H16ClN3O2. The van der Waals surface area contributed by atoms with Gasteiger partial charge in [-0.1, -0.05) is 11.6 Å². The fourth-order valence-corrected chi connectivity index (χ4v) is 3.33. The summed E-state index contributed by atoms with van der Waals surface area (Å²) in [6.07, 6.45) is 0. The molecule has 0 aliphatic carbocycles. The monoisotopic (exact) mass is 281 g/mol. The van der Waals surface area contributed by atoms with E-state index in [9.17, 15) is 10.1 Å². The van der Waals surface area contributed by atoms with Gasteiger partial charge in [0.1, 0.15) is 0 Å². The number of benzene rings is 1. The number of rotatable bonds is 3. The molecule has 2 fully saturated rings. The van der Waals surface area contributed by atoms with E-state index in [-0.39, 0.29) is 10.6 Å². The first-order valence-corrected chi connectivity index (χ1v) is 6.87. The summed E-state index contributed by atoms with van der Waals surface area (Å²) in [7, 11) is 0. The van der Waals surface area contributed by atoms with Crippen molar-refractivity contribution in [3.05, 3.63) is 38.9 Å². The molecule has 0 aromatic heterocycles. The van der Waals surface area contributed by atoms with Gasteiger partial charge >= 0.3 is 0 Å². The summed E-state index contributed by atoms with van der Waals surface area (Å²) in [6.45, 7) is 4.84. The van der Waals surface area contributed by atoms with Gasteiger partial charge in [0.2, 0.25) is 0 Å². The highest BCUT2D eigenvalue weighted by molar-refractivity contribution is 6.30. The van der Waals surface area contributed by atoms with Crippen LogP contribution in [0, 0.1) is 22.0 Å². The molecular weight excluding hydrogens is 266 g/mol. The Balaban J connectivity index is 1.75. The maximum Gasteiger partial charge on any atom is 0.275 e. The van der Waals surface area contributed by atoms with Gasteiger partial charge < -0.3 is 5.32 Å². The molecule has 19 heavy (non-hydrogen) atoms. The lowest BCUT2D eigenvalue weighted by atomic mass is 10.0. The molecule has 2 aliphatic heterocycles. The molecule has 1 aromatic carbocycles. The topological polar surface area (TPSA) is 58.4 Å². The van der Waals surface area contributed by atoms with Crippen LogP contribution in [0.5, 0.6) is 0 Å². The average molecular weight is 282 g/mol. The van der Waals surface area contributed by atoms with Crippen LogP contribution in [0.4, 0.5) is 5.69 Å². The van der Waals surface area contributed by atoms with Gasteiger partial charge in [0, 0.05) is 36.3 Å². The fraction of sp³-hybridized carbons (Fsp3) is 0.538. The van der Waals surface area contributed by atoms with Crippen LogP contribution in [-0.4, -0.2) is 36.0 Å². The maximum atomic E-state index is 11.1. The average Bonchev–Trinajstić information content (AvgIpc) is 2.91. The van der Waals surface area contributed by atoms with E-state index in [2.05, 4.69) is 10.2 Å². The predicted octanol–water partition coefficient (Wildman–Crippen LogP) is 1.90. The third-order valence-corrected chi connectivity index (χ3v) is 4.34. The van der Waals surface area contributed by atoms with Crippen LogP contribution in [-0.2, 0) is 6.54 Å². The van der Waals surface area contributed by atoms with Gasteiger partial charge in [0.05, 0.1) is 4.92 Å². The van der Waals surface area contributed by atoms with E-state index >= 15 is 0 Å². The first-order valence-electron chi connectivity index (χ1n) is 6.49. The van der Waals surface area contributed by atoms with Gasteiger partial charge in [-0.3, -0.25) is 15.0 Å². The normalized spacial score (nSPS) is 26.6. The third-order valence-electron chi connectivity index (χ3n) is 4.10. The van der Waals surface area contributed by atoms with E-state index in [1.165, 1.54) is 6.07 Å². The minimum Gasteiger partial charge on any atom is -0.316 e. The summed E-state index contributed by atoms with van der Waals surface area (Å²) in [4.78, 5) is 13.0. The second-order valence-electron chi connectivity index (χ2n) is 5.40. The number of nitrogens with one attached hydrogen (secondary N) is 1. The van der Waals surface area contributed by atoms with E-state index in [1.54, 1.807) is 12.1 Å². The zero-order valence-electron chi connectivity index (χ0n) is 10.5. The van der Waals surface area contributed by atoms with Crippen LogP contribution < -0.4 is 5.32 Å². The van der Waals surface area contributed by atoms with Crippen molar-refractivity contribution in [2.24, 2.45) is 11.8 Å². The zero-order valence-corrected chi connectivity index (χ0v) is 11.3. The molecule has 3 rings (SSSR count). The Morgan fingerprint density at radius 3 is 2.68 bits per heavy atom. The van der Waals surface area contributed by atoms with Crippen LogP contribution >= 0.6 is 11.6 Å². The van der Waals surface area contributed by atoms with Crippen LogP contribution in [0.25, 0.3) is 0 Å². The third kappa shape index (κ3) is 2.59. The van der Waals surface area contributed by atoms with Gasteiger partial charge in [-0.05, 0) is 37.1 Å². The molecule has 2 heterocycles. The van der Waals surface area contributed by atoms with Crippen molar-refractivity contribution in [1.29, 1.82) is 0 Å². The van der Waals surface area contributed by atoms with E-state index in [4.69, 9.17) is 11.6 Å². The summed E-state index contributed by atoms with van der Waals surface area (Å²) in [6, 6.07) is 4.94. The van der Waals surface area contributed by atoms with Crippen molar-refractivity contribution in [1.82, 2.24) is 10.2 Å². The van der Waals surface area contributed by atoms with Crippen molar-refractivity contribution >= 4 is 17.3 Å². The lowest BCUT2D eigenvalue weighted by Crippen LogP contribution is -2.25. The minimum absolute atomic E-state index is 0.127. The molecule has 1 N–H and O–H groups in total. The SMILES string of the molecule is O=[N+]([O-])c1cc(Cl)ccc1CN1C[C@H]2CNC[C@H]2C1. The van der Waals surface area contributed by atoms with Gasteiger partial charge in [-0.2, -0.15) is 0 Å². The molecule has 0 amide bonds. The number of likely N-dealkylation sites (tertiary alicyclic amines) is 1. The molecule has 0 unspecified atom stereocenters. The molecule has 0 saturated carbocycles. The lowest BCUT2D eigenvalue weighted by Gasteiger charge is -2.17. The second kappa shape index (κ2) is 5.07. The standard InChI is InChI=1S/C13H16ClN3O2/c14-12-2-1-9(13(3-12)17(18)19)6-16-7-10-4-15-5-11(10)8-16/h1-3,10-11,15H,4-8H2/t10-,11+. The van der Waals surface area contributed by atoms with Crippen molar-refractivity contribution in [2.45, 2.75) is 6.54 Å². The summed E-state index contributed by atoms with van der Waals surface area (Å²) in [5.41, 5.74) is 0.880. The van der Waals surface area contributed by atoms with Gasteiger partial charge in [0.15, 0.2) is 0 Å². The molecule has 102 valence electrons. The molecule has 0 spiro atoms. The smallest absolute Gasteiger partial charge is 0.275 e. The van der Waals surface area contributed by atoms with Gasteiger partial charge in [0.25, 0.3) is 5.69 Å². The number of halogens is 1. The molecule has 0 radical (unpaired) electrons. The molecule has 2 atom stereocenters. The number of nitro groups is 1. The zero-order chi connectivity index (χ0) is 13.4. The summed E-state index contributed by atoms with van der Waals surface area (Å²) < 4.78 is 0. The molecule has 5 nitrogen and oxygen atoms in total. The molecule has 2 aliphatic rings. The van der Waals surface area contributed by atoms with Crippen molar-refractivity contribution < 1.29 is 4.92 Å². The number of nitro benzene ring substituents is 1. The number of nitrogens with zero attached hydrogens (tertiary/aromatic N) is 2. The van der Waals surface area contributed by atoms with E-state index < -0.39 is 0 Å². The lowest BCUT2D eigenvalue weighted by molar-refractivity contribution is -0.385. The summed E-state index contributed by atoms with van der Waals surface area (Å²) >= 11 is 5.83. The summed E-state index contributed by atoms with van der Waals surface area (Å²) in [5, 5.41) is 14.9. The first kappa shape index (κ1) is 12.8. The highest BCUT2D eigenvalue weighted by Gasteiger charge is 2.36. The molecule has 6 heteroatoms. The van der Waals surface area contributed by atoms with Gasteiger partial charge in [-0.25, -0.2) is 0 Å². The number of hydrogen-bond donors (Lipinski definition) is 1. The van der Waals surface area contributed by atoms with E-state index in [0.29, 0.717) is 23.4 Å². The Bertz CT molecular complexity index is 497. The highest BCUT2D eigenvalue weighted by Crippen LogP contribution is 2.30.